The van der Waals surface area contributed by atoms with Crippen LogP contribution in [0.4, 0.5) is 14.5 Å². The van der Waals surface area contributed by atoms with Gasteiger partial charge in [-0.15, -0.1) is 10.2 Å². The van der Waals surface area contributed by atoms with Gasteiger partial charge in [0.15, 0.2) is 15.8 Å². The quantitative estimate of drug-likeness (QED) is 0.407. The molecule has 0 radical (unpaired) electrons. The molecule has 2 atom stereocenters. The first-order valence-electron chi connectivity index (χ1n) is 13.6. The molecule has 0 amide bonds. The molecule has 2 saturated heterocycles. The first-order chi connectivity index (χ1) is 18.9. The summed E-state index contributed by atoms with van der Waals surface area (Å²) in [5.41, 5.74) is 0.817. The van der Waals surface area contributed by atoms with Crippen molar-refractivity contribution in [2.75, 3.05) is 24.6 Å². The summed E-state index contributed by atoms with van der Waals surface area (Å²) in [7, 11) is -3.86. The number of halogens is 2. The minimum Gasteiger partial charge on any atom is -0.375 e. The lowest BCUT2D eigenvalue weighted by Gasteiger charge is -2.43. The molecule has 218 valence electrons. The second kappa shape index (κ2) is 9.93. The number of piperidine rings is 1. The van der Waals surface area contributed by atoms with Crippen LogP contribution in [0.15, 0.2) is 23.4 Å². The molecule has 3 fully saturated rings. The van der Waals surface area contributed by atoms with Gasteiger partial charge in [-0.2, -0.15) is 0 Å². The highest BCUT2D eigenvalue weighted by Gasteiger charge is 2.51. The number of nitrogens with zero attached hydrogens (tertiary/aromatic N) is 5. The smallest absolute Gasteiger partial charge is 0.291 e. The van der Waals surface area contributed by atoms with Crippen molar-refractivity contribution in [3.63, 3.8) is 0 Å². The van der Waals surface area contributed by atoms with Crippen molar-refractivity contribution in [1.29, 1.82) is 0 Å². The van der Waals surface area contributed by atoms with Gasteiger partial charge < -0.3 is 14.4 Å². The van der Waals surface area contributed by atoms with E-state index in [2.05, 4.69) is 31.7 Å². The molecular formula is C26H34F2N6O4S2. The lowest BCUT2D eigenvalue weighted by Crippen LogP contribution is -2.48. The van der Waals surface area contributed by atoms with Gasteiger partial charge in [0.2, 0.25) is 10.0 Å². The van der Waals surface area contributed by atoms with E-state index in [1.807, 2.05) is 20.8 Å². The number of rotatable bonds is 8. The Morgan fingerprint density at radius 2 is 1.93 bits per heavy atom. The van der Waals surface area contributed by atoms with Crippen molar-refractivity contribution in [3.8, 4) is 10.8 Å². The molecule has 3 aliphatic rings. The van der Waals surface area contributed by atoms with E-state index in [4.69, 9.17) is 9.47 Å². The third-order valence-corrected chi connectivity index (χ3v) is 10.8. The number of hydrogen-bond donors (Lipinski definition) is 1. The maximum absolute atomic E-state index is 13.5. The molecule has 1 saturated carbocycles. The van der Waals surface area contributed by atoms with E-state index in [1.54, 1.807) is 16.7 Å². The van der Waals surface area contributed by atoms with Crippen molar-refractivity contribution in [2.45, 2.75) is 88.5 Å². The fourth-order valence-corrected chi connectivity index (χ4v) is 8.01. The van der Waals surface area contributed by atoms with E-state index < -0.39 is 27.0 Å². The van der Waals surface area contributed by atoms with Crippen LogP contribution >= 0.6 is 11.3 Å². The van der Waals surface area contributed by atoms with Crippen LogP contribution in [0.2, 0.25) is 0 Å². The van der Waals surface area contributed by atoms with Crippen molar-refractivity contribution in [2.24, 2.45) is 5.41 Å². The number of imidazole rings is 1. The zero-order valence-corrected chi connectivity index (χ0v) is 24.6. The average Bonchev–Trinajstić information content (AvgIpc) is 3.25. The molecule has 5 heterocycles. The van der Waals surface area contributed by atoms with Gasteiger partial charge in [0.05, 0.1) is 42.3 Å². The SMILES string of the molecule is CC(C)OC1[C@H](C)OCC12CCN(c1cc(S(=O)(=O)NC3(C)CC3)cn3c(-c4nnc(C(F)F)s4)ncc13)CC2. The number of aromatic nitrogens is 4. The van der Waals surface area contributed by atoms with E-state index >= 15 is 0 Å². The predicted molar refractivity (Wildman–Crippen MR) is 146 cm³/mol. The van der Waals surface area contributed by atoms with Crippen LogP contribution < -0.4 is 9.62 Å². The molecule has 6 rings (SSSR count). The minimum absolute atomic E-state index is 0.00594. The van der Waals surface area contributed by atoms with Gasteiger partial charge in [0, 0.05) is 30.2 Å². The molecule has 1 unspecified atom stereocenters. The topological polar surface area (TPSA) is 111 Å². The molecule has 10 nitrogen and oxygen atoms in total. The Morgan fingerprint density at radius 1 is 1.20 bits per heavy atom. The third kappa shape index (κ3) is 5.02. The van der Waals surface area contributed by atoms with Gasteiger partial charge in [-0.1, -0.05) is 11.3 Å². The standard InChI is InChI=1S/C26H34F2N6O4S2/c1-15(2)38-20-16(3)37-14-26(20)7-9-33(10-8-26)18-11-17(40(35,36)32-25(4)5-6-25)13-34-19(18)12-29-22(34)24-31-30-23(39-24)21(27)28/h11-13,15-16,20-21,32H,5-10,14H2,1-4H3/t16-,20?/m0/s1. The maximum atomic E-state index is 13.5. The Balaban J connectivity index is 1.38. The zero-order valence-electron chi connectivity index (χ0n) is 22.9. The Kier molecular flexibility index (Phi) is 6.92. The van der Waals surface area contributed by atoms with Crippen molar-refractivity contribution in [3.05, 3.63) is 23.5 Å². The van der Waals surface area contributed by atoms with Crippen molar-refractivity contribution >= 4 is 32.6 Å². The molecule has 14 heteroatoms. The fraction of sp³-hybridized carbons (Fsp3) is 0.654. The largest absolute Gasteiger partial charge is 0.375 e. The van der Waals surface area contributed by atoms with E-state index in [-0.39, 0.29) is 39.5 Å². The summed E-state index contributed by atoms with van der Waals surface area (Å²) in [5, 5.41) is 7.30. The Bertz CT molecular complexity index is 1510. The Hall–Kier alpha value is -2.26. The Morgan fingerprint density at radius 3 is 2.55 bits per heavy atom. The van der Waals surface area contributed by atoms with E-state index in [9.17, 15) is 17.2 Å². The summed E-state index contributed by atoms with van der Waals surface area (Å²) in [4.78, 5) is 6.73. The molecule has 40 heavy (non-hydrogen) atoms. The number of anilines is 1. The molecule has 3 aromatic heterocycles. The normalized spacial score (nSPS) is 24.1. The molecule has 2 aliphatic heterocycles. The summed E-state index contributed by atoms with van der Waals surface area (Å²) in [5.74, 6) is 0.271. The second-order valence-electron chi connectivity index (χ2n) is 11.8. The molecule has 0 bridgehead atoms. The first-order valence-corrected chi connectivity index (χ1v) is 15.9. The maximum Gasteiger partial charge on any atom is 0.291 e. The molecule has 3 aromatic rings. The van der Waals surface area contributed by atoms with Crippen LogP contribution in [0.25, 0.3) is 16.3 Å². The third-order valence-electron chi connectivity index (χ3n) is 8.29. The lowest BCUT2D eigenvalue weighted by atomic mass is 9.74. The highest BCUT2D eigenvalue weighted by atomic mass is 32.2. The summed E-state index contributed by atoms with van der Waals surface area (Å²) >= 11 is 0.744. The zero-order chi connectivity index (χ0) is 28.4. The van der Waals surface area contributed by atoms with E-state index in [0.29, 0.717) is 30.9 Å². The molecule has 0 aromatic carbocycles. The fourth-order valence-electron chi connectivity index (χ4n) is 5.83. The van der Waals surface area contributed by atoms with Gasteiger partial charge in [0.1, 0.15) is 4.90 Å². The van der Waals surface area contributed by atoms with E-state index in [0.717, 1.165) is 37.0 Å². The highest BCUT2D eigenvalue weighted by molar-refractivity contribution is 7.89. The average molecular weight is 597 g/mol. The van der Waals surface area contributed by atoms with Gasteiger partial charge in [0.25, 0.3) is 6.43 Å². The summed E-state index contributed by atoms with van der Waals surface area (Å²) < 4.78 is 70.3. The number of hydrogen-bond acceptors (Lipinski definition) is 9. The van der Waals surface area contributed by atoms with Gasteiger partial charge >= 0.3 is 0 Å². The van der Waals surface area contributed by atoms with Crippen LogP contribution in [0.3, 0.4) is 0 Å². The first kappa shape index (κ1) is 27.9. The number of sulfonamides is 1. The molecule has 1 aliphatic carbocycles. The summed E-state index contributed by atoms with van der Waals surface area (Å²) in [6.07, 6.45) is 3.65. The highest BCUT2D eigenvalue weighted by Crippen LogP contribution is 2.46. The van der Waals surface area contributed by atoms with Crippen LogP contribution in [0, 0.1) is 5.41 Å². The van der Waals surface area contributed by atoms with Crippen molar-refractivity contribution in [1.82, 2.24) is 24.3 Å². The molecular weight excluding hydrogens is 562 g/mol. The van der Waals surface area contributed by atoms with Crippen LogP contribution in [-0.4, -0.2) is 71.5 Å². The van der Waals surface area contributed by atoms with Gasteiger partial charge in [-0.05, 0) is 59.4 Å². The van der Waals surface area contributed by atoms with Crippen LogP contribution in [0.1, 0.15) is 64.8 Å². The number of nitrogens with one attached hydrogen (secondary N) is 1. The molecule has 1 N–H and O–H groups in total. The lowest BCUT2D eigenvalue weighted by molar-refractivity contribution is -0.0718. The summed E-state index contributed by atoms with van der Waals surface area (Å²) in [6, 6.07) is 1.69. The number of fused-ring (bicyclic) bond motifs is 1. The predicted octanol–water partition coefficient (Wildman–Crippen LogP) is 4.42. The van der Waals surface area contributed by atoms with Crippen molar-refractivity contribution < 1.29 is 26.7 Å². The van der Waals surface area contributed by atoms with Gasteiger partial charge in [-0.25, -0.2) is 26.9 Å². The van der Waals surface area contributed by atoms with Crippen LogP contribution in [0.5, 0.6) is 0 Å². The van der Waals surface area contributed by atoms with Crippen LogP contribution in [-0.2, 0) is 19.5 Å². The number of ether oxygens (including phenoxy) is 2. The second-order valence-corrected chi connectivity index (χ2v) is 14.5. The number of pyridine rings is 1. The summed E-state index contributed by atoms with van der Waals surface area (Å²) in [6.45, 7) is 9.98. The monoisotopic (exact) mass is 596 g/mol. The van der Waals surface area contributed by atoms with Gasteiger partial charge in [-0.3, -0.25) is 4.40 Å². The Labute approximate surface area is 236 Å². The number of alkyl halides is 2. The minimum atomic E-state index is -3.86. The van der Waals surface area contributed by atoms with E-state index in [1.165, 1.54) is 6.20 Å². The molecule has 1 spiro atoms.